The van der Waals surface area contributed by atoms with E-state index >= 15 is 0 Å². The van der Waals surface area contributed by atoms with Crippen LogP contribution in [-0.4, -0.2) is 52.4 Å². The second-order valence-corrected chi connectivity index (χ2v) is 6.57. The highest BCUT2D eigenvalue weighted by molar-refractivity contribution is 5.92. The zero-order chi connectivity index (χ0) is 17.6. The van der Waals surface area contributed by atoms with Crippen LogP contribution in [0.2, 0.25) is 0 Å². The standard InChI is InChI=1S/C19H25N5O/c1-15-14-17(18(25)24-11-4-3-5-12-24)22-19(21-15)23(2)13-8-16-6-9-20-10-7-16/h6-7,9-10,14H,3-5,8,11-13H2,1-2H3. The topological polar surface area (TPSA) is 62.2 Å². The lowest BCUT2D eigenvalue weighted by Gasteiger charge is -2.26. The van der Waals surface area contributed by atoms with Gasteiger partial charge in [0, 0.05) is 44.8 Å². The first-order valence-electron chi connectivity index (χ1n) is 8.88. The summed E-state index contributed by atoms with van der Waals surface area (Å²) in [4.78, 5) is 29.7. The Labute approximate surface area is 148 Å². The predicted octanol–water partition coefficient (Wildman–Crippen LogP) is 2.49. The molecule has 2 aromatic heterocycles. The Bertz CT molecular complexity index is 713. The number of hydrogen-bond acceptors (Lipinski definition) is 5. The molecule has 2 aromatic rings. The number of pyridine rings is 1. The Balaban J connectivity index is 1.70. The number of piperidine rings is 1. The van der Waals surface area contributed by atoms with E-state index in [4.69, 9.17) is 0 Å². The fourth-order valence-corrected chi connectivity index (χ4v) is 3.04. The summed E-state index contributed by atoms with van der Waals surface area (Å²) in [5.74, 6) is 0.628. The van der Waals surface area contributed by atoms with Crippen LogP contribution < -0.4 is 4.90 Å². The molecule has 0 spiro atoms. The molecule has 0 bridgehead atoms. The van der Waals surface area contributed by atoms with Crippen molar-refractivity contribution in [3.63, 3.8) is 0 Å². The maximum atomic E-state index is 12.7. The summed E-state index contributed by atoms with van der Waals surface area (Å²) >= 11 is 0. The van der Waals surface area contributed by atoms with Crippen LogP contribution in [0.1, 0.15) is 41.0 Å². The fourth-order valence-electron chi connectivity index (χ4n) is 3.04. The summed E-state index contributed by atoms with van der Waals surface area (Å²) in [5, 5.41) is 0. The molecule has 1 aliphatic heterocycles. The van der Waals surface area contributed by atoms with Gasteiger partial charge in [0.05, 0.1) is 0 Å². The average molecular weight is 339 g/mol. The van der Waals surface area contributed by atoms with Gasteiger partial charge in [-0.1, -0.05) is 0 Å². The summed E-state index contributed by atoms with van der Waals surface area (Å²) in [6, 6.07) is 5.81. The van der Waals surface area contributed by atoms with Gasteiger partial charge in [0.15, 0.2) is 0 Å². The van der Waals surface area contributed by atoms with E-state index in [0.29, 0.717) is 11.6 Å². The zero-order valence-corrected chi connectivity index (χ0v) is 15.0. The first-order valence-corrected chi connectivity index (χ1v) is 8.88. The van der Waals surface area contributed by atoms with Gasteiger partial charge in [-0.05, 0) is 56.4 Å². The second-order valence-electron chi connectivity index (χ2n) is 6.57. The van der Waals surface area contributed by atoms with Crippen molar-refractivity contribution < 1.29 is 4.79 Å². The smallest absolute Gasteiger partial charge is 0.272 e. The van der Waals surface area contributed by atoms with Gasteiger partial charge < -0.3 is 9.80 Å². The molecular weight excluding hydrogens is 314 g/mol. The summed E-state index contributed by atoms with van der Waals surface area (Å²) < 4.78 is 0. The van der Waals surface area contributed by atoms with Crippen molar-refractivity contribution in [1.82, 2.24) is 19.9 Å². The molecule has 0 N–H and O–H groups in total. The number of aromatic nitrogens is 3. The molecule has 3 rings (SSSR count). The van der Waals surface area contributed by atoms with E-state index < -0.39 is 0 Å². The molecular formula is C19H25N5O. The van der Waals surface area contributed by atoms with Crippen LogP contribution in [0.25, 0.3) is 0 Å². The quantitative estimate of drug-likeness (QED) is 0.837. The number of carbonyl (C=O) groups excluding carboxylic acids is 1. The molecule has 0 saturated carbocycles. The second kappa shape index (κ2) is 8.05. The minimum absolute atomic E-state index is 0.0222. The van der Waals surface area contributed by atoms with Crippen molar-refractivity contribution in [3.05, 3.63) is 47.5 Å². The van der Waals surface area contributed by atoms with E-state index in [1.807, 2.05) is 35.9 Å². The molecule has 0 unspecified atom stereocenters. The molecule has 6 nitrogen and oxygen atoms in total. The Kier molecular flexibility index (Phi) is 5.58. The predicted molar refractivity (Wildman–Crippen MR) is 97.7 cm³/mol. The van der Waals surface area contributed by atoms with Crippen molar-refractivity contribution in [3.8, 4) is 0 Å². The summed E-state index contributed by atoms with van der Waals surface area (Å²) in [6.07, 6.45) is 7.84. The minimum Gasteiger partial charge on any atom is -0.344 e. The van der Waals surface area contributed by atoms with Gasteiger partial charge in [-0.2, -0.15) is 0 Å². The molecule has 1 saturated heterocycles. The van der Waals surface area contributed by atoms with Gasteiger partial charge in [0.25, 0.3) is 5.91 Å². The Hall–Kier alpha value is -2.50. The Morgan fingerprint density at radius 3 is 2.60 bits per heavy atom. The van der Waals surface area contributed by atoms with Crippen LogP contribution in [0.4, 0.5) is 5.95 Å². The monoisotopic (exact) mass is 339 g/mol. The molecule has 0 atom stereocenters. The molecule has 132 valence electrons. The van der Waals surface area contributed by atoms with Crippen LogP contribution >= 0.6 is 0 Å². The van der Waals surface area contributed by atoms with E-state index in [2.05, 4.69) is 15.0 Å². The number of likely N-dealkylation sites (tertiary alicyclic amines) is 1. The van der Waals surface area contributed by atoms with Crippen molar-refractivity contribution in [2.24, 2.45) is 0 Å². The Morgan fingerprint density at radius 2 is 1.88 bits per heavy atom. The van der Waals surface area contributed by atoms with Crippen molar-refractivity contribution in [2.75, 3.05) is 31.6 Å². The normalized spacial score (nSPS) is 14.4. The van der Waals surface area contributed by atoms with Gasteiger partial charge in [0.2, 0.25) is 5.95 Å². The van der Waals surface area contributed by atoms with Crippen molar-refractivity contribution in [1.29, 1.82) is 0 Å². The van der Waals surface area contributed by atoms with Crippen LogP contribution in [0, 0.1) is 6.92 Å². The number of rotatable bonds is 5. The van der Waals surface area contributed by atoms with E-state index in [0.717, 1.165) is 44.6 Å². The largest absolute Gasteiger partial charge is 0.344 e. The molecule has 25 heavy (non-hydrogen) atoms. The highest BCUT2D eigenvalue weighted by Crippen LogP contribution is 2.15. The zero-order valence-electron chi connectivity index (χ0n) is 15.0. The maximum Gasteiger partial charge on any atom is 0.272 e. The number of likely N-dealkylation sites (N-methyl/N-ethyl adjacent to an activating group) is 1. The summed E-state index contributed by atoms with van der Waals surface area (Å²) in [7, 11) is 1.96. The van der Waals surface area contributed by atoms with E-state index in [1.54, 1.807) is 18.5 Å². The number of amides is 1. The maximum absolute atomic E-state index is 12.7. The average Bonchev–Trinajstić information content (AvgIpc) is 2.66. The number of aryl methyl sites for hydroxylation is 1. The van der Waals surface area contributed by atoms with E-state index in [-0.39, 0.29) is 5.91 Å². The third-order valence-corrected chi connectivity index (χ3v) is 4.53. The molecule has 0 aliphatic carbocycles. The van der Waals surface area contributed by atoms with Crippen LogP contribution in [-0.2, 0) is 6.42 Å². The lowest BCUT2D eigenvalue weighted by molar-refractivity contribution is 0.0718. The molecule has 3 heterocycles. The number of hydrogen-bond donors (Lipinski definition) is 0. The Morgan fingerprint density at radius 1 is 1.16 bits per heavy atom. The first kappa shape index (κ1) is 17.3. The van der Waals surface area contributed by atoms with E-state index in [1.165, 1.54) is 12.0 Å². The molecule has 0 aromatic carbocycles. The van der Waals surface area contributed by atoms with Gasteiger partial charge in [-0.15, -0.1) is 0 Å². The van der Waals surface area contributed by atoms with Gasteiger partial charge in [-0.25, -0.2) is 9.97 Å². The third kappa shape index (κ3) is 4.53. The van der Waals surface area contributed by atoms with Gasteiger partial charge in [0.1, 0.15) is 5.69 Å². The number of nitrogens with zero attached hydrogens (tertiary/aromatic N) is 5. The highest BCUT2D eigenvalue weighted by Gasteiger charge is 2.21. The molecule has 1 amide bonds. The van der Waals surface area contributed by atoms with Gasteiger partial charge >= 0.3 is 0 Å². The molecule has 0 radical (unpaired) electrons. The minimum atomic E-state index is 0.0222. The lowest BCUT2D eigenvalue weighted by Crippen LogP contribution is -2.36. The third-order valence-electron chi connectivity index (χ3n) is 4.53. The SMILES string of the molecule is Cc1cc(C(=O)N2CCCCC2)nc(N(C)CCc2ccncc2)n1. The number of carbonyl (C=O) groups is 1. The molecule has 1 fully saturated rings. The summed E-state index contributed by atoms with van der Waals surface area (Å²) in [5.41, 5.74) is 2.54. The van der Waals surface area contributed by atoms with Crippen molar-refractivity contribution in [2.45, 2.75) is 32.6 Å². The van der Waals surface area contributed by atoms with Crippen LogP contribution in [0.3, 0.4) is 0 Å². The molecule has 1 aliphatic rings. The van der Waals surface area contributed by atoms with Gasteiger partial charge in [-0.3, -0.25) is 9.78 Å². The first-order chi connectivity index (χ1) is 12.1. The van der Waals surface area contributed by atoms with Crippen LogP contribution in [0.15, 0.2) is 30.6 Å². The fraction of sp³-hybridized carbons (Fsp3) is 0.474. The van der Waals surface area contributed by atoms with E-state index in [9.17, 15) is 4.79 Å². The number of anilines is 1. The lowest BCUT2D eigenvalue weighted by atomic mass is 10.1. The molecule has 6 heteroatoms. The highest BCUT2D eigenvalue weighted by atomic mass is 16.2. The van der Waals surface area contributed by atoms with Crippen molar-refractivity contribution >= 4 is 11.9 Å². The van der Waals surface area contributed by atoms with Crippen LogP contribution in [0.5, 0.6) is 0 Å². The summed E-state index contributed by atoms with van der Waals surface area (Å²) in [6.45, 7) is 4.35.